The minimum absolute atomic E-state index is 0.00192. The molecule has 0 bridgehead atoms. The van der Waals surface area contributed by atoms with Gasteiger partial charge in [-0.25, -0.2) is 0 Å². The summed E-state index contributed by atoms with van der Waals surface area (Å²) in [6.45, 7) is 2.01. The minimum atomic E-state index is -1.13. The molecule has 8 heteroatoms. The fourth-order valence-corrected chi connectivity index (χ4v) is 8.11. The quantitative estimate of drug-likeness (QED) is 0.281. The second kappa shape index (κ2) is 6.44. The number of fused-ring (bicyclic) bond motifs is 5. The number of hydrogen-bond donors (Lipinski definition) is 7. The number of nitrogens with two attached hydrogens (primary N) is 7. The molecule has 8 nitrogen and oxygen atoms in total. The summed E-state index contributed by atoms with van der Waals surface area (Å²) in [5, 5.41) is 0. The van der Waals surface area contributed by atoms with E-state index in [0.29, 0.717) is 24.7 Å². The highest BCUT2D eigenvalue weighted by molar-refractivity contribution is 5.92. The van der Waals surface area contributed by atoms with Crippen molar-refractivity contribution in [1.29, 1.82) is 0 Å². The van der Waals surface area contributed by atoms with Gasteiger partial charge in [-0.1, -0.05) is 6.92 Å². The molecule has 0 saturated heterocycles. The Labute approximate surface area is 167 Å². The number of Topliss-reactive ketones (excluding diaryl/α,β-unsaturated/α-hetero) is 1. The lowest BCUT2D eigenvalue weighted by atomic mass is 9.44. The molecular formula is C20H39N7O. The van der Waals surface area contributed by atoms with Gasteiger partial charge in [-0.2, -0.15) is 0 Å². The van der Waals surface area contributed by atoms with Gasteiger partial charge >= 0.3 is 0 Å². The van der Waals surface area contributed by atoms with Crippen molar-refractivity contribution in [3.8, 4) is 0 Å². The topological polar surface area (TPSA) is 199 Å². The standard InChI is InChI=1S/C20H39N7O/c1-18-6-14(24)17-10(11(18)5-15(25)20(18,27)16(28)8-21)3-2-9-4-12(22)13(23)7-19(9,17)26/h9-15,17H,2-8,21-27H2,1H3. The Morgan fingerprint density at radius 3 is 2.29 bits per heavy atom. The zero-order valence-corrected chi connectivity index (χ0v) is 17.0. The first-order valence-electron chi connectivity index (χ1n) is 10.8. The van der Waals surface area contributed by atoms with E-state index in [4.69, 9.17) is 40.1 Å². The fraction of sp³-hybridized carbons (Fsp3) is 0.950. The average Bonchev–Trinajstić information content (AvgIpc) is 2.83. The van der Waals surface area contributed by atoms with Crippen molar-refractivity contribution < 1.29 is 4.79 Å². The Bertz CT molecular complexity index is 660. The molecule has 0 radical (unpaired) electrons. The molecule has 160 valence electrons. The van der Waals surface area contributed by atoms with Crippen LogP contribution in [-0.2, 0) is 4.79 Å². The van der Waals surface area contributed by atoms with Crippen LogP contribution in [0.5, 0.6) is 0 Å². The van der Waals surface area contributed by atoms with Gasteiger partial charge in [-0.05, 0) is 67.6 Å². The van der Waals surface area contributed by atoms with Crippen molar-refractivity contribution in [3.63, 3.8) is 0 Å². The molecule has 14 N–H and O–H groups in total. The highest BCUT2D eigenvalue weighted by Crippen LogP contribution is 2.64. The van der Waals surface area contributed by atoms with Crippen LogP contribution in [0.4, 0.5) is 0 Å². The van der Waals surface area contributed by atoms with E-state index in [1.807, 2.05) is 0 Å². The summed E-state index contributed by atoms with van der Waals surface area (Å²) >= 11 is 0. The molecule has 4 aliphatic carbocycles. The van der Waals surface area contributed by atoms with Crippen LogP contribution in [0.2, 0.25) is 0 Å². The van der Waals surface area contributed by atoms with Gasteiger partial charge in [0, 0.05) is 29.7 Å². The molecule has 28 heavy (non-hydrogen) atoms. The fourth-order valence-electron chi connectivity index (χ4n) is 8.11. The van der Waals surface area contributed by atoms with Crippen molar-refractivity contribution in [2.75, 3.05) is 6.54 Å². The molecule has 4 aliphatic rings. The molecule has 0 aliphatic heterocycles. The lowest BCUT2D eigenvalue weighted by Crippen LogP contribution is -2.75. The van der Waals surface area contributed by atoms with Gasteiger partial charge in [0.1, 0.15) is 0 Å². The van der Waals surface area contributed by atoms with E-state index in [9.17, 15) is 4.79 Å². The van der Waals surface area contributed by atoms with Gasteiger partial charge in [0.25, 0.3) is 0 Å². The Balaban J connectivity index is 1.73. The van der Waals surface area contributed by atoms with Crippen molar-refractivity contribution in [2.24, 2.45) is 69.2 Å². The van der Waals surface area contributed by atoms with Crippen molar-refractivity contribution in [1.82, 2.24) is 0 Å². The van der Waals surface area contributed by atoms with Gasteiger partial charge in [0.2, 0.25) is 0 Å². The largest absolute Gasteiger partial charge is 0.327 e. The van der Waals surface area contributed by atoms with Crippen LogP contribution in [0.15, 0.2) is 0 Å². The SMILES string of the molecule is CC12CC(N)C3C(CCC4CC(N)C(N)CC43N)C1CC(N)C2(N)C(=O)CN. The van der Waals surface area contributed by atoms with E-state index in [0.717, 1.165) is 25.7 Å². The highest BCUT2D eigenvalue weighted by atomic mass is 16.1. The highest BCUT2D eigenvalue weighted by Gasteiger charge is 2.70. The van der Waals surface area contributed by atoms with Gasteiger partial charge < -0.3 is 40.1 Å². The molecule has 0 spiro atoms. The second-order valence-electron chi connectivity index (χ2n) is 10.6. The Kier molecular flexibility index (Phi) is 4.75. The summed E-state index contributed by atoms with van der Waals surface area (Å²) in [6.07, 6.45) is 4.99. The molecule has 0 aromatic rings. The molecule has 0 aromatic heterocycles. The van der Waals surface area contributed by atoms with Crippen molar-refractivity contribution in [3.05, 3.63) is 0 Å². The Hall–Kier alpha value is -0.610. The maximum Gasteiger partial charge on any atom is 0.168 e. The number of hydrogen-bond acceptors (Lipinski definition) is 8. The van der Waals surface area contributed by atoms with E-state index in [1.54, 1.807) is 0 Å². The molecule has 4 fully saturated rings. The first kappa shape index (κ1) is 20.7. The monoisotopic (exact) mass is 393 g/mol. The predicted molar refractivity (Wildman–Crippen MR) is 110 cm³/mol. The lowest BCUT2D eigenvalue weighted by molar-refractivity contribution is -0.134. The number of rotatable bonds is 2. The zero-order valence-electron chi connectivity index (χ0n) is 17.0. The maximum atomic E-state index is 12.8. The van der Waals surface area contributed by atoms with E-state index in [-0.39, 0.29) is 42.3 Å². The summed E-state index contributed by atoms with van der Waals surface area (Å²) in [7, 11) is 0. The van der Waals surface area contributed by atoms with Crippen molar-refractivity contribution >= 4 is 5.78 Å². The van der Waals surface area contributed by atoms with Crippen LogP contribution in [0.25, 0.3) is 0 Å². The van der Waals surface area contributed by atoms with Crippen LogP contribution in [-0.4, -0.2) is 47.6 Å². The normalized spacial score (nSPS) is 58.6. The number of ketones is 1. The molecule has 0 heterocycles. The average molecular weight is 394 g/mol. The van der Waals surface area contributed by atoms with Crippen LogP contribution < -0.4 is 40.1 Å². The second-order valence-corrected chi connectivity index (χ2v) is 10.6. The molecular weight excluding hydrogens is 354 g/mol. The summed E-state index contributed by atoms with van der Waals surface area (Å²) in [6, 6.07) is -0.641. The molecule has 11 unspecified atom stereocenters. The third-order valence-corrected chi connectivity index (χ3v) is 9.53. The van der Waals surface area contributed by atoms with Gasteiger partial charge in [-0.3, -0.25) is 4.79 Å². The van der Waals surface area contributed by atoms with Gasteiger partial charge in [0.15, 0.2) is 5.78 Å². The van der Waals surface area contributed by atoms with Crippen LogP contribution in [0.3, 0.4) is 0 Å². The Morgan fingerprint density at radius 1 is 0.964 bits per heavy atom. The zero-order chi connectivity index (χ0) is 20.6. The molecule has 4 saturated carbocycles. The molecule has 11 atom stereocenters. The van der Waals surface area contributed by atoms with Crippen molar-refractivity contribution in [2.45, 2.75) is 80.7 Å². The Morgan fingerprint density at radius 2 is 1.64 bits per heavy atom. The van der Waals surface area contributed by atoms with Crippen LogP contribution in [0, 0.1) is 29.1 Å². The summed E-state index contributed by atoms with van der Waals surface area (Å²) in [5.74, 6) is 0.879. The molecule has 4 rings (SSSR count). The van der Waals surface area contributed by atoms with Crippen LogP contribution in [0.1, 0.15) is 45.4 Å². The van der Waals surface area contributed by atoms with Crippen LogP contribution >= 0.6 is 0 Å². The lowest BCUT2D eigenvalue weighted by Gasteiger charge is -2.63. The summed E-state index contributed by atoms with van der Waals surface area (Å²) in [5.41, 5.74) is 43.5. The first-order valence-corrected chi connectivity index (χ1v) is 10.8. The van der Waals surface area contributed by atoms with E-state index in [2.05, 4.69) is 6.92 Å². The molecule has 0 aromatic carbocycles. The minimum Gasteiger partial charge on any atom is -0.327 e. The maximum absolute atomic E-state index is 12.8. The van der Waals surface area contributed by atoms with E-state index < -0.39 is 22.5 Å². The van der Waals surface area contributed by atoms with Gasteiger partial charge in [0.05, 0.1) is 12.1 Å². The van der Waals surface area contributed by atoms with E-state index in [1.165, 1.54) is 0 Å². The first-order chi connectivity index (χ1) is 13.0. The predicted octanol–water partition coefficient (Wildman–Crippen LogP) is -1.92. The third kappa shape index (κ3) is 2.40. The van der Waals surface area contributed by atoms with E-state index >= 15 is 0 Å². The number of carbonyl (C=O) groups excluding carboxylic acids is 1. The summed E-state index contributed by atoms with van der Waals surface area (Å²) in [4.78, 5) is 12.8. The summed E-state index contributed by atoms with van der Waals surface area (Å²) < 4.78 is 0. The van der Waals surface area contributed by atoms with Gasteiger partial charge in [-0.15, -0.1) is 0 Å². The number of carbonyl (C=O) groups is 1. The molecule has 0 amide bonds. The third-order valence-electron chi connectivity index (χ3n) is 9.53. The smallest absolute Gasteiger partial charge is 0.168 e.